The average Bonchev–Trinajstić information content (AvgIpc) is 2.53. The Morgan fingerprint density at radius 3 is 2.39 bits per heavy atom. The largest absolute Gasteiger partial charge is 0.484 e. The second-order valence-electron chi connectivity index (χ2n) is 5.47. The highest BCUT2D eigenvalue weighted by Gasteiger charge is 2.28. The van der Waals surface area contributed by atoms with Gasteiger partial charge in [-0.2, -0.15) is 13.2 Å². The van der Waals surface area contributed by atoms with Crippen molar-refractivity contribution in [1.29, 1.82) is 0 Å². The minimum absolute atomic E-state index is 0.0871. The summed E-state index contributed by atoms with van der Waals surface area (Å²) in [6.45, 7) is -0.0684. The number of hydrogen-bond acceptors (Lipinski definition) is 3. The smallest absolute Gasteiger partial charge is 0.422 e. The third kappa shape index (κ3) is 5.63. The van der Waals surface area contributed by atoms with Crippen LogP contribution in [0.15, 0.2) is 24.3 Å². The van der Waals surface area contributed by atoms with Crippen LogP contribution in [-0.4, -0.2) is 48.5 Å². The van der Waals surface area contributed by atoms with Crippen LogP contribution in [0.1, 0.15) is 12.8 Å². The summed E-state index contributed by atoms with van der Waals surface area (Å²) in [6.07, 6.45) is -2.87. The third-order valence-corrected chi connectivity index (χ3v) is 3.67. The molecule has 0 unspecified atom stereocenters. The molecule has 0 aromatic heterocycles. The molecule has 2 N–H and O–H groups in total. The van der Waals surface area contributed by atoms with E-state index in [0.717, 1.165) is 12.8 Å². The summed E-state index contributed by atoms with van der Waals surface area (Å²) < 4.78 is 40.7. The first-order valence-electron chi connectivity index (χ1n) is 7.34. The molecule has 1 aliphatic heterocycles. The Kier molecular flexibility index (Phi) is 5.70. The van der Waals surface area contributed by atoms with E-state index in [-0.39, 0.29) is 24.3 Å². The fourth-order valence-electron chi connectivity index (χ4n) is 2.32. The first-order valence-corrected chi connectivity index (χ1v) is 7.34. The van der Waals surface area contributed by atoms with E-state index in [9.17, 15) is 18.0 Å². The van der Waals surface area contributed by atoms with Crippen molar-refractivity contribution in [3.05, 3.63) is 24.3 Å². The lowest BCUT2D eigenvalue weighted by atomic mass is 9.98. The molecule has 8 heteroatoms. The van der Waals surface area contributed by atoms with E-state index in [1.807, 2.05) is 0 Å². The molecule has 1 heterocycles. The number of nitrogens with one attached hydrogen (secondary N) is 1. The number of hydrogen-bond donors (Lipinski definition) is 2. The number of nitrogens with zero attached hydrogens (tertiary/aromatic N) is 1. The van der Waals surface area contributed by atoms with E-state index in [1.54, 1.807) is 4.90 Å². The topological polar surface area (TPSA) is 61.8 Å². The maximum atomic E-state index is 12.1. The monoisotopic (exact) mass is 332 g/mol. The Morgan fingerprint density at radius 1 is 1.26 bits per heavy atom. The van der Waals surface area contributed by atoms with E-state index in [1.165, 1.54) is 24.3 Å². The van der Waals surface area contributed by atoms with Crippen molar-refractivity contribution in [2.45, 2.75) is 19.0 Å². The van der Waals surface area contributed by atoms with E-state index < -0.39 is 12.8 Å². The highest BCUT2D eigenvalue weighted by atomic mass is 19.4. The van der Waals surface area contributed by atoms with Gasteiger partial charge in [0.25, 0.3) is 0 Å². The molecule has 23 heavy (non-hydrogen) atoms. The van der Waals surface area contributed by atoms with Crippen molar-refractivity contribution >= 4 is 11.7 Å². The zero-order chi connectivity index (χ0) is 16.9. The van der Waals surface area contributed by atoms with E-state index in [0.29, 0.717) is 18.8 Å². The predicted octanol–water partition coefficient (Wildman–Crippen LogP) is 2.86. The molecule has 1 aliphatic rings. The number of urea groups is 1. The molecule has 0 aliphatic carbocycles. The van der Waals surface area contributed by atoms with Gasteiger partial charge in [-0.3, -0.25) is 0 Å². The minimum atomic E-state index is -4.38. The summed E-state index contributed by atoms with van der Waals surface area (Å²) >= 11 is 0. The molecule has 1 aromatic rings. The Morgan fingerprint density at radius 2 is 1.87 bits per heavy atom. The molecule has 2 amide bonds. The van der Waals surface area contributed by atoms with Gasteiger partial charge in [-0.15, -0.1) is 0 Å². The molecule has 0 atom stereocenters. The SMILES string of the molecule is O=C(Nc1ccc(OCC(F)(F)F)cc1)N1CCC(CO)CC1. The second-order valence-corrected chi connectivity index (χ2v) is 5.47. The van der Waals surface area contributed by atoms with Gasteiger partial charge in [-0.05, 0) is 43.0 Å². The van der Waals surface area contributed by atoms with Crippen molar-refractivity contribution in [1.82, 2.24) is 4.90 Å². The number of aliphatic hydroxyl groups excluding tert-OH is 1. The van der Waals surface area contributed by atoms with Gasteiger partial charge in [0.15, 0.2) is 6.61 Å². The molecule has 0 saturated carbocycles. The zero-order valence-electron chi connectivity index (χ0n) is 12.5. The van der Waals surface area contributed by atoms with Crippen molar-refractivity contribution < 1.29 is 27.8 Å². The molecule has 0 radical (unpaired) electrons. The van der Waals surface area contributed by atoms with Gasteiger partial charge >= 0.3 is 12.2 Å². The lowest BCUT2D eigenvalue weighted by Gasteiger charge is -2.31. The predicted molar refractivity (Wildman–Crippen MR) is 78.4 cm³/mol. The first kappa shape index (κ1) is 17.4. The van der Waals surface area contributed by atoms with Crippen molar-refractivity contribution in [3.63, 3.8) is 0 Å². The van der Waals surface area contributed by atoms with Gasteiger partial charge in [0, 0.05) is 25.4 Å². The highest BCUT2D eigenvalue weighted by Crippen LogP contribution is 2.21. The molecule has 2 rings (SSSR count). The maximum Gasteiger partial charge on any atom is 0.422 e. The zero-order valence-corrected chi connectivity index (χ0v) is 12.5. The lowest BCUT2D eigenvalue weighted by molar-refractivity contribution is -0.153. The second kappa shape index (κ2) is 7.54. The molecule has 0 bridgehead atoms. The van der Waals surface area contributed by atoms with Gasteiger partial charge in [0.05, 0.1) is 0 Å². The minimum Gasteiger partial charge on any atom is -0.484 e. The van der Waals surface area contributed by atoms with Gasteiger partial charge in [0.2, 0.25) is 0 Å². The number of anilines is 1. The molecule has 5 nitrogen and oxygen atoms in total. The summed E-state index contributed by atoms with van der Waals surface area (Å²) in [5.74, 6) is 0.327. The highest BCUT2D eigenvalue weighted by molar-refractivity contribution is 5.89. The summed E-state index contributed by atoms with van der Waals surface area (Å²) in [5, 5.41) is 11.8. The van der Waals surface area contributed by atoms with E-state index >= 15 is 0 Å². The summed E-state index contributed by atoms with van der Waals surface area (Å²) in [5.41, 5.74) is 0.485. The van der Waals surface area contributed by atoms with Crippen LogP contribution >= 0.6 is 0 Å². The van der Waals surface area contributed by atoms with Crippen LogP contribution in [0.25, 0.3) is 0 Å². The van der Waals surface area contributed by atoms with Crippen molar-refractivity contribution in [2.24, 2.45) is 5.92 Å². The number of carbonyl (C=O) groups excluding carboxylic acids is 1. The number of alkyl halides is 3. The van der Waals surface area contributed by atoms with E-state index in [2.05, 4.69) is 10.1 Å². The van der Waals surface area contributed by atoms with Gasteiger partial charge < -0.3 is 20.1 Å². The standard InChI is InChI=1S/C15H19F3N2O3/c16-15(17,18)10-23-13-3-1-12(2-4-13)19-14(22)20-7-5-11(9-21)6-8-20/h1-4,11,21H,5-10H2,(H,19,22). The van der Waals surface area contributed by atoms with Crippen LogP contribution in [0.5, 0.6) is 5.75 Å². The van der Waals surface area contributed by atoms with Crippen molar-refractivity contribution in [3.8, 4) is 5.75 Å². The molecule has 1 saturated heterocycles. The number of rotatable bonds is 4. The van der Waals surface area contributed by atoms with Gasteiger partial charge in [-0.25, -0.2) is 4.79 Å². The quantitative estimate of drug-likeness (QED) is 0.891. The molecule has 128 valence electrons. The van der Waals surface area contributed by atoms with Crippen LogP contribution in [-0.2, 0) is 0 Å². The fourth-order valence-corrected chi connectivity index (χ4v) is 2.32. The molecular weight excluding hydrogens is 313 g/mol. The molecule has 1 aromatic carbocycles. The Labute approximate surface area is 132 Å². The summed E-state index contributed by atoms with van der Waals surface area (Å²) in [4.78, 5) is 13.7. The molecule has 1 fully saturated rings. The number of aliphatic hydroxyl groups is 1. The number of carbonyl (C=O) groups is 1. The van der Waals surface area contributed by atoms with E-state index in [4.69, 9.17) is 5.11 Å². The van der Waals surface area contributed by atoms with Crippen LogP contribution in [0.2, 0.25) is 0 Å². The first-order chi connectivity index (χ1) is 10.9. The Balaban J connectivity index is 1.82. The molecular formula is C15H19F3N2O3. The number of ether oxygens (including phenoxy) is 1. The number of benzene rings is 1. The third-order valence-electron chi connectivity index (χ3n) is 3.67. The normalized spacial score (nSPS) is 16.3. The number of likely N-dealkylation sites (tertiary alicyclic amines) is 1. The number of amides is 2. The number of halogens is 3. The van der Waals surface area contributed by atoms with Crippen LogP contribution in [0, 0.1) is 5.92 Å². The Hall–Kier alpha value is -1.96. The Bertz CT molecular complexity index is 512. The van der Waals surface area contributed by atoms with Crippen molar-refractivity contribution in [2.75, 3.05) is 31.6 Å². The fraction of sp³-hybridized carbons (Fsp3) is 0.533. The number of piperidine rings is 1. The van der Waals surface area contributed by atoms with Crippen LogP contribution in [0.4, 0.5) is 23.7 Å². The van der Waals surface area contributed by atoms with Crippen LogP contribution < -0.4 is 10.1 Å². The van der Waals surface area contributed by atoms with Crippen LogP contribution in [0.3, 0.4) is 0 Å². The maximum absolute atomic E-state index is 12.1. The van der Waals surface area contributed by atoms with Gasteiger partial charge in [0.1, 0.15) is 5.75 Å². The average molecular weight is 332 g/mol. The van der Waals surface area contributed by atoms with Gasteiger partial charge in [-0.1, -0.05) is 0 Å². The lowest BCUT2D eigenvalue weighted by Crippen LogP contribution is -2.41. The molecule has 0 spiro atoms. The summed E-state index contributed by atoms with van der Waals surface area (Å²) in [6, 6.07) is 5.47. The summed E-state index contributed by atoms with van der Waals surface area (Å²) in [7, 11) is 0.